The molecule has 1 aromatic rings. The van der Waals surface area contributed by atoms with Crippen LogP contribution in [-0.4, -0.2) is 48.1 Å². The van der Waals surface area contributed by atoms with E-state index in [1.54, 1.807) is 6.07 Å². The predicted octanol–water partition coefficient (Wildman–Crippen LogP) is 1.29. The van der Waals surface area contributed by atoms with Gasteiger partial charge in [0.25, 0.3) is 0 Å². The van der Waals surface area contributed by atoms with Gasteiger partial charge in [0.1, 0.15) is 10.7 Å². The normalized spacial score (nSPS) is 18.2. The Kier molecular flexibility index (Phi) is 6.01. The van der Waals surface area contributed by atoms with E-state index in [9.17, 15) is 12.6 Å². The molecule has 120 valence electrons. The first-order chi connectivity index (χ1) is 9.95. The molecule has 2 heterocycles. The molecular formula is C12H19BrN2O4S2. The molecule has 2 rings (SSSR count). The maximum atomic E-state index is 12.6. The van der Waals surface area contributed by atoms with E-state index in [1.807, 2.05) is 0 Å². The summed E-state index contributed by atoms with van der Waals surface area (Å²) < 4.78 is 43.5. The zero-order valence-corrected chi connectivity index (χ0v) is 15.0. The first-order valence-electron chi connectivity index (χ1n) is 6.79. The maximum Gasteiger partial charge on any atom is 0.247 e. The average Bonchev–Trinajstić information content (AvgIpc) is 2.81. The number of hydrogen-bond acceptors (Lipinski definition) is 5. The summed E-state index contributed by atoms with van der Waals surface area (Å²) in [5.41, 5.74) is 0. The number of sulfonamides is 1. The van der Waals surface area contributed by atoms with Gasteiger partial charge < -0.3 is 9.73 Å². The SMILES string of the molecule is CCCNCc1cc(S(=O)(=O)N2CCS(=O)CC2)c(Br)o1. The molecular weight excluding hydrogens is 380 g/mol. The van der Waals surface area contributed by atoms with Crippen molar-refractivity contribution in [1.82, 2.24) is 9.62 Å². The molecule has 1 saturated heterocycles. The number of halogens is 1. The zero-order valence-electron chi connectivity index (χ0n) is 11.8. The van der Waals surface area contributed by atoms with Gasteiger partial charge in [0.15, 0.2) is 4.67 Å². The summed E-state index contributed by atoms with van der Waals surface area (Å²) >= 11 is 3.18. The second-order valence-electron chi connectivity index (χ2n) is 4.78. The molecule has 1 aromatic heterocycles. The van der Waals surface area contributed by atoms with Crippen LogP contribution in [0.3, 0.4) is 0 Å². The zero-order chi connectivity index (χ0) is 15.5. The standard InChI is InChI=1S/C12H19BrN2O4S2/c1-2-3-14-9-10-8-11(12(13)19-10)21(17,18)15-4-6-20(16)7-5-15/h8,14H,2-7,9H2,1H3. The van der Waals surface area contributed by atoms with Crippen molar-refractivity contribution in [2.24, 2.45) is 0 Å². The van der Waals surface area contributed by atoms with Crippen molar-refractivity contribution in [3.05, 3.63) is 16.5 Å². The van der Waals surface area contributed by atoms with Crippen LogP contribution >= 0.6 is 15.9 Å². The number of nitrogens with zero attached hydrogens (tertiary/aromatic N) is 1. The van der Waals surface area contributed by atoms with Crippen molar-refractivity contribution in [3.63, 3.8) is 0 Å². The van der Waals surface area contributed by atoms with E-state index in [0.717, 1.165) is 13.0 Å². The Morgan fingerprint density at radius 2 is 2.10 bits per heavy atom. The second kappa shape index (κ2) is 7.36. The minimum Gasteiger partial charge on any atom is -0.452 e. The van der Waals surface area contributed by atoms with Crippen molar-refractivity contribution in [1.29, 1.82) is 0 Å². The van der Waals surface area contributed by atoms with Crippen LogP contribution in [0.25, 0.3) is 0 Å². The highest BCUT2D eigenvalue weighted by Gasteiger charge is 2.31. The molecule has 0 radical (unpaired) electrons. The topological polar surface area (TPSA) is 79.6 Å². The summed E-state index contributed by atoms with van der Waals surface area (Å²) in [5, 5.41) is 3.17. The lowest BCUT2D eigenvalue weighted by Crippen LogP contribution is -2.41. The van der Waals surface area contributed by atoms with E-state index in [2.05, 4.69) is 28.2 Å². The van der Waals surface area contributed by atoms with E-state index in [4.69, 9.17) is 4.42 Å². The minimum atomic E-state index is -3.60. The summed E-state index contributed by atoms with van der Waals surface area (Å²) in [4.78, 5) is 0.142. The summed E-state index contributed by atoms with van der Waals surface area (Å²) in [6, 6.07) is 1.55. The first kappa shape index (κ1) is 17.1. The maximum absolute atomic E-state index is 12.6. The van der Waals surface area contributed by atoms with Crippen molar-refractivity contribution in [2.75, 3.05) is 31.1 Å². The fourth-order valence-corrected chi connectivity index (χ4v) is 5.74. The molecule has 21 heavy (non-hydrogen) atoms. The van der Waals surface area contributed by atoms with Gasteiger partial charge in [-0.3, -0.25) is 4.21 Å². The summed E-state index contributed by atoms with van der Waals surface area (Å²) in [6.07, 6.45) is 0.998. The van der Waals surface area contributed by atoms with Crippen LogP contribution in [0.5, 0.6) is 0 Å². The van der Waals surface area contributed by atoms with Crippen molar-refractivity contribution in [3.8, 4) is 0 Å². The van der Waals surface area contributed by atoms with E-state index in [0.29, 0.717) is 23.8 Å². The van der Waals surface area contributed by atoms with Gasteiger partial charge in [0.05, 0.1) is 6.54 Å². The molecule has 1 N–H and O–H groups in total. The molecule has 0 amide bonds. The van der Waals surface area contributed by atoms with Crippen molar-refractivity contribution in [2.45, 2.75) is 24.8 Å². The Balaban J connectivity index is 2.14. The largest absolute Gasteiger partial charge is 0.452 e. The van der Waals surface area contributed by atoms with E-state index < -0.39 is 20.8 Å². The van der Waals surface area contributed by atoms with Crippen LogP contribution in [0.1, 0.15) is 19.1 Å². The third-order valence-electron chi connectivity index (χ3n) is 3.19. The second-order valence-corrected chi connectivity index (χ2v) is 9.10. The van der Waals surface area contributed by atoms with Gasteiger partial charge in [-0.05, 0) is 28.9 Å². The predicted molar refractivity (Wildman–Crippen MR) is 85.0 cm³/mol. The van der Waals surface area contributed by atoms with E-state index in [-0.39, 0.29) is 22.7 Å². The van der Waals surface area contributed by atoms with Gasteiger partial charge in [0.2, 0.25) is 10.0 Å². The first-order valence-corrected chi connectivity index (χ1v) is 10.5. The molecule has 6 nitrogen and oxygen atoms in total. The van der Waals surface area contributed by atoms with Gasteiger partial charge in [-0.25, -0.2) is 8.42 Å². The third-order valence-corrected chi connectivity index (χ3v) is 7.22. The molecule has 0 bridgehead atoms. The number of furan rings is 1. The Bertz CT molecular complexity index is 605. The lowest BCUT2D eigenvalue weighted by Gasteiger charge is -2.24. The lowest BCUT2D eigenvalue weighted by atomic mass is 10.4. The van der Waals surface area contributed by atoms with Crippen LogP contribution in [0.4, 0.5) is 0 Å². The summed E-state index contributed by atoms with van der Waals surface area (Å²) in [6.45, 7) is 3.97. The molecule has 0 unspecified atom stereocenters. The molecule has 9 heteroatoms. The van der Waals surface area contributed by atoms with Gasteiger partial charge in [-0.2, -0.15) is 4.31 Å². The molecule has 0 atom stereocenters. The van der Waals surface area contributed by atoms with Gasteiger partial charge in [-0.15, -0.1) is 0 Å². The van der Waals surface area contributed by atoms with Crippen molar-refractivity contribution < 1.29 is 17.0 Å². The molecule has 1 fully saturated rings. The van der Waals surface area contributed by atoms with Crippen LogP contribution < -0.4 is 5.32 Å². The van der Waals surface area contributed by atoms with Crippen LogP contribution in [0.2, 0.25) is 0 Å². The van der Waals surface area contributed by atoms with Gasteiger partial charge >= 0.3 is 0 Å². The molecule has 0 aromatic carbocycles. The fourth-order valence-electron chi connectivity index (χ4n) is 2.05. The summed E-state index contributed by atoms with van der Waals surface area (Å²) in [5.74, 6) is 1.36. The highest BCUT2D eigenvalue weighted by molar-refractivity contribution is 9.10. The highest BCUT2D eigenvalue weighted by atomic mass is 79.9. The third kappa shape index (κ3) is 4.16. The molecule has 0 spiro atoms. The fraction of sp³-hybridized carbons (Fsp3) is 0.667. The van der Waals surface area contributed by atoms with E-state index in [1.165, 1.54) is 4.31 Å². The van der Waals surface area contributed by atoms with E-state index >= 15 is 0 Å². The minimum absolute atomic E-state index is 0.142. The Labute approximate surface area is 135 Å². The lowest BCUT2D eigenvalue weighted by molar-refractivity contribution is 0.433. The molecule has 0 saturated carbocycles. The number of nitrogens with one attached hydrogen (secondary N) is 1. The highest BCUT2D eigenvalue weighted by Crippen LogP contribution is 2.29. The Morgan fingerprint density at radius 1 is 1.43 bits per heavy atom. The Morgan fingerprint density at radius 3 is 2.71 bits per heavy atom. The number of rotatable bonds is 6. The van der Waals surface area contributed by atoms with Crippen molar-refractivity contribution >= 4 is 36.8 Å². The monoisotopic (exact) mass is 398 g/mol. The van der Waals surface area contributed by atoms with Crippen LogP contribution in [0, 0.1) is 0 Å². The smallest absolute Gasteiger partial charge is 0.247 e. The summed E-state index contributed by atoms with van der Waals surface area (Å²) in [7, 11) is -4.50. The molecule has 1 aliphatic heterocycles. The van der Waals surface area contributed by atoms with Crippen LogP contribution in [0.15, 0.2) is 20.0 Å². The Hall–Kier alpha value is -0.220. The van der Waals surface area contributed by atoms with Gasteiger partial charge in [0, 0.05) is 41.5 Å². The number of hydrogen-bond donors (Lipinski definition) is 1. The molecule has 1 aliphatic rings. The van der Waals surface area contributed by atoms with Crippen LogP contribution in [-0.2, 0) is 27.4 Å². The average molecular weight is 399 g/mol. The molecule has 0 aliphatic carbocycles. The quantitative estimate of drug-likeness (QED) is 0.730. The van der Waals surface area contributed by atoms with Gasteiger partial charge in [-0.1, -0.05) is 6.92 Å².